The third-order valence-corrected chi connectivity index (χ3v) is 4.36. The van der Waals surface area contributed by atoms with E-state index in [0.717, 1.165) is 16.6 Å². The maximum absolute atomic E-state index is 13.1. The Hall–Kier alpha value is -3.71. The third-order valence-electron chi connectivity index (χ3n) is 4.36. The fraction of sp³-hybridized carbons (Fsp3) is 0.0500. The molecule has 0 fully saturated rings. The van der Waals surface area contributed by atoms with Gasteiger partial charge in [-0.2, -0.15) is 0 Å². The van der Waals surface area contributed by atoms with E-state index in [4.69, 9.17) is 5.21 Å². The molecule has 0 aliphatic heterocycles. The summed E-state index contributed by atoms with van der Waals surface area (Å²) in [6, 6.07) is 17.8. The van der Waals surface area contributed by atoms with Crippen LogP contribution in [0.5, 0.6) is 0 Å². The first-order valence-corrected chi connectivity index (χ1v) is 8.34. The quantitative estimate of drug-likeness (QED) is 0.385. The number of hydrogen-bond donors (Lipinski definition) is 3. The number of H-pyrrole nitrogens is 1. The number of hydrogen-bond acceptors (Lipinski definition) is 4. The van der Waals surface area contributed by atoms with Gasteiger partial charge in [-0.3, -0.25) is 14.8 Å². The molecule has 0 atom stereocenters. The zero-order valence-electron chi connectivity index (χ0n) is 14.2. The Balaban J connectivity index is 1.82. The molecular formula is C20H16N4O3. The van der Waals surface area contributed by atoms with Crippen LogP contribution in [0.3, 0.4) is 0 Å². The molecule has 3 N–H and O–H groups in total. The summed E-state index contributed by atoms with van der Waals surface area (Å²) in [5.74, 6) is -0.581. The number of para-hydroxylation sites is 2. The summed E-state index contributed by atoms with van der Waals surface area (Å²) in [6.45, 7) is 0.330. The number of nitrogens with one attached hydrogen (secondary N) is 2. The number of carbonyl (C=O) groups excluding carboxylic acids is 1. The van der Waals surface area contributed by atoms with Crippen LogP contribution in [-0.2, 0) is 6.54 Å². The van der Waals surface area contributed by atoms with Crippen molar-refractivity contribution in [3.8, 4) is 11.4 Å². The van der Waals surface area contributed by atoms with Gasteiger partial charge in [0, 0.05) is 11.8 Å². The van der Waals surface area contributed by atoms with E-state index in [1.807, 2.05) is 36.4 Å². The van der Waals surface area contributed by atoms with Gasteiger partial charge in [0.2, 0.25) is 0 Å². The Bertz CT molecular complexity index is 1160. The molecule has 2 aromatic heterocycles. The molecule has 0 bridgehead atoms. The molecule has 2 aromatic carbocycles. The van der Waals surface area contributed by atoms with Crippen LogP contribution in [0.4, 0.5) is 0 Å². The highest BCUT2D eigenvalue weighted by Gasteiger charge is 2.14. The summed E-state index contributed by atoms with van der Waals surface area (Å²) in [4.78, 5) is 32.1. The van der Waals surface area contributed by atoms with Gasteiger partial charge in [-0.25, -0.2) is 10.5 Å². The highest BCUT2D eigenvalue weighted by molar-refractivity contribution is 5.93. The van der Waals surface area contributed by atoms with Crippen molar-refractivity contribution in [1.82, 2.24) is 20.0 Å². The lowest BCUT2D eigenvalue weighted by molar-refractivity contribution is 0.0706. The molecule has 7 heteroatoms. The molecule has 4 rings (SSSR count). The van der Waals surface area contributed by atoms with Gasteiger partial charge in [-0.05, 0) is 42.0 Å². The zero-order valence-corrected chi connectivity index (χ0v) is 14.2. The topological polar surface area (TPSA) is 100 Å². The lowest BCUT2D eigenvalue weighted by Gasteiger charge is -2.12. The van der Waals surface area contributed by atoms with Gasteiger partial charge in [0.15, 0.2) is 5.69 Å². The Morgan fingerprint density at radius 3 is 2.56 bits per heavy atom. The van der Waals surface area contributed by atoms with Gasteiger partial charge in [-0.1, -0.05) is 24.3 Å². The molecule has 0 aliphatic carbocycles. The minimum absolute atomic E-state index is 0.201. The number of fused-ring (bicyclic) bond motifs is 1. The van der Waals surface area contributed by atoms with E-state index < -0.39 is 5.91 Å². The van der Waals surface area contributed by atoms with E-state index in [1.54, 1.807) is 40.5 Å². The minimum atomic E-state index is -0.581. The zero-order chi connectivity index (χ0) is 18.8. The smallest absolute Gasteiger partial charge is 0.279 e. The molecule has 4 aromatic rings. The monoisotopic (exact) mass is 360 g/mol. The molecule has 0 aliphatic rings. The van der Waals surface area contributed by atoms with Crippen LogP contribution < -0.4 is 11.0 Å². The van der Waals surface area contributed by atoms with Gasteiger partial charge in [0.05, 0.1) is 23.3 Å². The van der Waals surface area contributed by atoms with Crippen LogP contribution in [0.15, 0.2) is 71.7 Å². The number of aromatic amines is 1. The van der Waals surface area contributed by atoms with Gasteiger partial charge in [-0.15, -0.1) is 0 Å². The summed E-state index contributed by atoms with van der Waals surface area (Å²) < 4.78 is 1.67. The SMILES string of the molecule is O=C(NO)c1ccc(Cn2c(=O)c(-c3ccc[nH]3)nc3ccccc32)cc1. The van der Waals surface area contributed by atoms with Gasteiger partial charge < -0.3 is 9.55 Å². The third kappa shape index (κ3) is 3.11. The molecular weight excluding hydrogens is 344 g/mol. The second-order valence-corrected chi connectivity index (χ2v) is 6.06. The predicted octanol–water partition coefficient (Wildman–Crippen LogP) is 2.56. The van der Waals surface area contributed by atoms with Crippen LogP contribution >= 0.6 is 0 Å². The molecule has 7 nitrogen and oxygen atoms in total. The van der Waals surface area contributed by atoms with Crippen LogP contribution in [-0.4, -0.2) is 25.6 Å². The highest BCUT2D eigenvalue weighted by Crippen LogP contribution is 2.17. The van der Waals surface area contributed by atoms with Crippen LogP contribution in [0.1, 0.15) is 15.9 Å². The van der Waals surface area contributed by atoms with E-state index >= 15 is 0 Å². The molecule has 134 valence electrons. The van der Waals surface area contributed by atoms with E-state index in [-0.39, 0.29) is 5.56 Å². The van der Waals surface area contributed by atoms with Crippen molar-refractivity contribution in [3.05, 3.63) is 88.3 Å². The Labute approximate surface area is 153 Å². The fourth-order valence-corrected chi connectivity index (χ4v) is 3.01. The van der Waals surface area contributed by atoms with Gasteiger partial charge in [0.1, 0.15) is 0 Å². The number of amides is 1. The van der Waals surface area contributed by atoms with Crippen LogP contribution in [0.2, 0.25) is 0 Å². The number of aromatic nitrogens is 3. The van der Waals surface area contributed by atoms with Crippen LogP contribution in [0.25, 0.3) is 22.4 Å². The average molecular weight is 360 g/mol. The first kappa shape index (κ1) is 16.7. The molecule has 0 spiro atoms. The summed E-state index contributed by atoms with van der Waals surface area (Å²) >= 11 is 0. The van der Waals surface area contributed by atoms with Crippen molar-refractivity contribution >= 4 is 16.9 Å². The summed E-state index contributed by atoms with van der Waals surface area (Å²) in [5.41, 5.74) is 5.05. The number of hydroxylamine groups is 1. The number of rotatable bonds is 4. The second kappa shape index (κ2) is 6.89. The maximum atomic E-state index is 13.1. The van der Waals surface area contributed by atoms with Crippen molar-refractivity contribution in [3.63, 3.8) is 0 Å². The normalized spacial score (nSPS) is 10.9. The predicted molar refractivity (Wildman–Crippen MR) is 101 cm³/mol. The van der Waals surface area contributed by atoms with Crippen molar-refractivity contribution < 1.29 is 10.0 Å². The van der Waals surface area contributed by atoms with E-state index in [9.17, 15) is 9.59 Å². The van der Waals surface area contributed by atoms with E-state index in [0.29, 0.717) is 23.5 Å². The van der Waals surface area contributed by atoms with Crippen molar-refractivity contribution in [2.45, 2.75) is 6.54 Å². The Morgan fingerprint density at radius 1 is 1.07 bits per heavy atom. The largest absolute Gasteiger partial charge is 0.360 e. The number of carbonyl (C=O) groups is 1. The van der Waals surface area contributed by atoms with Gasteiger partial charge in [0.25, 0.3) is 11.5 Å². The van der Waals surface area contributed by atoms with Crippen LogP contribution in [0, 0.1) is 0 Å². The average Bonchev–Trinajstić information content (AvgIpc) is 3.24. The van der Waals surface area contributed by atoms with E-state index in [2.05, 4.69) is 9.97 Å². The Morgan fingerprint density at radius 2 is 1.85 bits per heavy atom. The van der Waals surface area contributed by atoms with E-state index in [1.165, 1.54) is 0 Å². The second-order valence-electron chi connectivity index (χ2n) is 6.06. The molecule has 0 saturated carbocycles. The maximum Gasteiger partial charge on any atom is 0.279 e. The number of benzene rings is 2. The molecule has 27 heavy (non-hydrogen) atoms. The molecule has 0 saturated heterocycles. The summed E-state index contributed by atoms with van der Waals surface area (Å²) in [6.07, 6.45) is 1.75. The minimum Gasteiger partial charge on any atom is -0.360 e. The van der Waals surface area contributed by atoms with Crippen molar-refractivity contribution in [2.75, 3.05) is 0 Å². The van der Waals surface area contributed by atoms with Crippen molar-refractivity contribution in [2.24, 2.45) is 0 Å². The first-order chi connectivity index (χ1) is 13.2. The van der Waals surface area contributed by atoms with Gasteiger partial charge >= 0.3 is 0 Å². The summed E-state index contributed by atoms with van der Waals surface area (Å²) in [5, 5.41) is 8.71. The molecule has 2 heterocycles. The fourth-order valence-electron chi connectivity index (χ4n) is 3.01. The Kier molecular flexibility index (Phi) is 4.27. The standard InChI is InChI=1S/C20H16N4O3/c25-19(23-27)14-9-7-13(8-10-14)12-24-17-6-2-1-4-15(17)22-18(20(24)26)16-5-3-11-21-16/h1-11,21,27H,12H2,(H,23,25). The first-order valence-electron chi connectivity index (χ1n) is 8.34. The summed E-state index contributed by atoms with van der Waals surface area (Å²) in [7, 11) is 0. The molecule has 1 amide bonds. The lowest BCUT2D eigenvalue weighted by atomic mass is 10.1. The van der Waals surface area contributed by atoms with Crippen molar-refractivity contribution in [1.29, 1.82) is 0 Å². The molecule has 0 unspecified atom stereocenters. The highest BCUT2D eigenvalue weighted by atomic mass is 16.5. The number of nitrogens with zero attached hydrogens (tertiary/aromatic N) is 2. The molecule has 0 radical (unpaired) electrons. The lowest BCUT2D eigenvalue weighted by Crippen LogP contribution is -2.24.